The molecule has 0 saturated heterocycles. The van der Waals surface area contributed by atoms with Crippen molar-refractivity contribution in [2.45, 2.75) is 39.5 Å². The van der Waals surface area contributed by atoms with Gasteiger partial charge in [-0.3, -0.25) is 9.59 Å². The molecule has 0 aliphatic carbocycles. The minimum absolute atomic E-state index is 0.0159. The third-order valence-electron chi connectivity index (χ3n) is 3.95. The normalized spacial score (nSPS) is 15.3. The maximum absolute atomic E-state index is 12.1. The number of carbonyl (C=O) groups is 2. The molecule has 0 unspecified atom stereocenters. The van der Waals surface area contributed by atoms with Crippen molar-refractivity contribution in [2.24, 2.45) is 0 Å². The van der Waals surface area contributed by atoms with E-state index < -0.39 is 0 Å². The Bertz CT molecular complexity index is 582. The topological polar surface area (TPSA) is 37.4 Å². The molecule has 1 aliphatic rings. The summed E-state index contributed by atoms with van der Waals surface area (Å²) in [6, 6.07) is 9.76. The number of carbonyl (C=O) groups excluding carboxylic acids is 2. The van der Waals surface area contributed by atoms with Gasteiger partial charge in [0.05, 0.1) is 0 Å². The van der Waals surface area contributed by atoms with Crippen LogP contribution in [0, 0.1) is 0 Å². The molecule has 2 rings (SSSR count). The standard InChI is InChI=1S/C19H23NO2/c1-4-5-11-20-12-17(14(2)21)19(18(13-20)15(3)22)16-9-7-6-8-10-16/h6-10,12-13,19H,4-5,11H2,1-3H3. The van der Waals surface area contributed by atoms with Gasteiger partial charge in [0, 0.05) is 36.0 Å². The maximum atomic E-state index is 12.1. The maximum Gasteiger partial charge on any atom is 0.158 e. The Hall–Kier alpha value is -2.16. The first kappa shape index (κ1) is 16.2. The van der Waals surface area contributed by atoms with E-state index in [1.54, 1.807) is 13.8 Å². The van der Waals surface area contributed by atoms with Crippen molar-refractivity contribution in [3.8, 4) is 0 Å². The molecular formula is C19H23NO2. The molecule has 1 aliphatic heterocycles. The summed E-state index contributed by atoms with van der Waals surface area (Å²) in [4.78, 5) is 26.3. The van der Waals surface area contributed by atoms with E-state index in [0.29, 0.717) is 11.1 Å². The highest BCUT2D eigenvalue weighted by atomic mass is 16.1. The first-order chi connectivity index (χ1) is 10.5. The van der Waals surface area contributed by atoms with Crippen molar-refractivity contribution in [2.75, 3.05) is 6.54 Å². The van der Waals surface area contributed by atoms with Gasteiger partial charge < -0.3 is 4.90 Å². The Kier molecular flexibility index (Phi) is 5.31. The highest BCUT2D eigenvalue weighted by Crippen LogP contribution is 2.36. The minimum Gasteiger partial charge on any atom is -0.353 e. The predicted octanol–water partition coefficient (Wildman–Crippen LogP) is 3.83. The quantitative estimate of drug-likeness (QED) is 0.800. The molecule has 116 valence electrons. The second-order valence-electron chi connectivity index (χ2n) is 5.72. The molecule has 0 amide bonds. The Morgan fingerprint density at radius 1 is 1.00 bits per heavy atom. The van der Waals surface area contributed by atoms with Gasteiger partial charge in [-0.2, -0.15) is 0 Å². The van der Waals surface area contributed by atoms with E-state index >= 15 is 0 Å². The van der Waals surface area contributed by atoms with Crippen LogP contribution in [0.3, 0.4) is 0 Å². The lowest BCUT2D eigenvalue weighted by Gasteiger charge is -2.30. The molecule has 0 bridgehead atoms. The van der Waals surface area contributed by atoms with Gasteiger partial charge in [0.15, 0.2) is 11.6 Å². The van der Waals surface area contributed by atoms with Crippen LogP contribution in [0.1, 0.15) is 45.1 Å². The number of allylic oxidation sites excluding steroid dienone is 2. The van der Waals surface area contributed by atoms with E-state index in [2.05, 4.69) is 6.92 Å². The highest BCUT2D eigenvalue weighted by Gasteiger charge is 2.30. The summed E-state index contributed by atoms with van der Waals surface area (Å²) in [5, 5.41) is 0. The van der Waals surface area contributed by atoms with E-state index in [0.717, 1.165) is 24.9 Å². The molecule has 0 spiro atoms. The van der Waals surface area contributed by atoms with Gasteiger partial charge in [-0.05, 0) is 25.8 Å². The Balaban J connectivity index is 2.46. The third-order valence-corrected chi connectivity index (χ3v) is 3.95. The molecule has 22 heavy (non-hydrogen) atoms. The summed E-state index contributed by atoms with van der Waals surface area (Å²) < 4.78 is 0. The van der Waals surface area contributed by atoms with E-state index in [-0.39, 0.29) is 17.5 Å². The molecule has 0 aromatic heterocycles. The van der Waals surface area contributed by atoms with Crippen LogP contribution in [0.4, 0.5) is 0 Å². The van der Waals surface area contributed by atoms with Crippen LogP contribution in [0.5, 0.6) is 0 Å². The number of rotatable bonds is 6. The monoisotopic (exact) mass is 297 g/mol. The smallest absolute Gasteiger partial charge is 0.158 e. The number of nitrogens with zero attached hydrogens (tertiary/aromatic N) is 1. The van der Waals surface area contributed by atoms with Crippen molar-refractivity contribution in [1.82, 2.24) is 4.90 Å². The van der Waals surface area contributed by atoms with Gasteiger partial charge in [-0.25, -0.2) is 0 Å². The fraction of sp³-hybridized carbons (Fsp3) is 0.368. The lowest BCUT2D eigenvalue weighted by atomic mass is 9.80. The number of ketones is 2. The zero-order chi connectivity index (χ0) is 16.1. The van der Waals surface area contributed by atoms with E-state index in [1.165, 1.54) is 0 Å². The first-order valence-corrected chi connectivity index (χ1v) is 7.80. The molecule has 1 aromatic carbocycles. The summed E-state index contributed by atoms with van der Waals surface area (Å²) in [6.45, 7) is 6.10. The average Bonchev–Trinajstić information content (AvgIpc) is 2.52. The van der Waals surface area contributed by atoms with Crippen LogP contribution in [0.15, 0.2) is 53.9 Å². The number of unbranched alkanes of at least 4 members (excludes halogenated alkanes) is 1. The Labute approximate surface area is 132 Å². The minimum atomic E-state index is -0.255. The fourth-order valence-corrected chi connectivity index (χ4v) is 2.77. The molecule has 0 atom stereocenters. The second-order valence-corrected chi connectivity index (χ2v) is 5.72. The summed E-state index contributed by atoms with van der Waals surface area (Å²) in [7, 11) is 0. The van der Waals surface area contributed by atoms with Gasteiger partial charge >= 0.3 is 0 Å². The molecule has 3 heteroatoms. The van der Waals surface area contributed by atoms with E-state index in [4.69, 9.17) is 0 Å². The van der Waals surface area contributed by atoms with E-state index in [1.807, 2.05) is 47.6 Å². The van der Waals surface area contributed by atoms with Crippen molar-refractivity contribution in [1.29, 1.82) is 0 Å². The van der Waals surface area contributed by atoms with Crippen LogP contribution < -0.4 is 0 Å². The molecule has 1 aromatic rings. The van der Waals surface area contributed by atoms with Crippen molar-refractivity contribution in [3.05, 3.63) is 59.4 Å². The zero-order valence-electron chi connectivity index (χ0n) is 13.5. The van der Waals surface area contributed by atoms with Gasteiger partial charge in [0.25, 0.3) is 0 Å². The van der Waals surface area contributed by atoms with Gasteiger partial charge in [0.2, 0.25) is 0 Å². The number of hydrogen-bond acceptors (Lipinski definition) is 3. The Morgan fingerprint density at radius 2 is 1.55 bits per heavy atom. The SMILES string of the molecule is CCCCN1C=C(C(C)=O)C(c2ccccc2)C(C(C)=O)=C1. The molecule has 0 saturated carbocycles. The average molecular weight is 297 g/mol. The van der Waals surface area contributed by atoms with E-state index in [9.17, 15) is 9.59 Å². The van der Waals surface area contributed by atoms with Crippen LogP contribution in [-0.2, 0) is 9.59 Å². The molecule has 0 N–H and O–H groups in total. The van der Waals surface area contributed by atoms with Gasteiger partial charge in [-0.1, -0.05) is 43.7 Å². The zero-order valence-corrected chi connectivity index (χ0v) is 13.5. The van der Waals surface area contributed by atoms with Crippen molar-refractivity contribution in [3.63, 3.8) is 0 Å². The summed E-state index contributed by atoms with van der Waals surface area (Å²) >= 11 is 0. The lowest BCUT2D eigenvalue weighted by Crippen LogP contribution is -2.26. The van der Waals surface area contributed by atoms with Gasteiger partial charge in [-0.15, -0.1) is 0 Å². The van der Waals surface area contributed by atoms with Crippen molar-refractivity contribution < 1.29 is 9.59 Å². The highest BCUT2D eigenvalue weighted by molar-refractivity contribution is 6.02. The summed E-state index contributed by atoms with van der Waals surface area (Å²) in [5.74, 6) is -0.224. The van der Waals surface area contributed by atoms with Gasteiger partial charge in [0.1, 0.15) is 0 Å². The molecule has 3 nitrogen and oxygen atoms in total. The van der Waals surface area contributed by atoms with Crippen LogP contribution in [-0.4, -0.2) is 23.0 Å². The number of Topliss-reactive ketones (excluding diaryl/α,β-unsaturated/α-hetero) is 2. The summed E-state index contributed by atoms with van der Waals surface area (Å²) in [5.41, 5.74) is 2.37. The van der Waals surface area contributed by atoms with Crippen LogP contribution >= 0.6 is 0 Å². The third kappa shape index (κ3) is 3.53. The molecule has 0 fully saturated rings. The first-order valence-electron chi connectivity index (χ1n) is 7.80. The predicted molar refractivity (Wildman–Crippen MR) is 88.3 cm³/mol. The molecule has 1 heterocycles. The second kappa shape index (κ2) is 7.21. The number of hydrogen-bond donors (Lipinski definition) is 0. The van der Waals surface area contributed by atoms with Crippen molar-refractivity contribution >= 4 is 11.6 Å². The largest absolute Gasteiger partial charge is 0.353 e. The lowest BCUT2D eigenvalue weighted by molar-refractivity contribution is -0.114. The van der Waals surface area contributed by atoms with Crippen LogP contribution in [0.2, 0.25) is 0 Å². The fourth-order valence-electron chi connectivity index (χ4n) is 2.77. The molecule has 0 radical (unpaired) electrons. The summed E-state index contributed by atoms with van der Waals surface area (Å²) in [6.07, 6.45) is 5.91. The number of benzene rings is 1. The Morgan fingerprint density at radius 3 is 2.00 bits per heavy atom. The molecular weight excluding hydrogens is 274 g/mol. The van der Waals surface area contributed by atoms with Crippen LogP contribution in [0.25, 0.3) is 0 Å².